The lowest BCUT2D eigenvalue weighted by Gasteiger charge is -2.03. The minimum Gasteiger partial charge on any atom is -0.322 e. The fraction of sp³-hybridized carbons (Fsp3) is 0.421. The first-order valence-corrected chi connectivity index (χ1v) is 9.27. The van der Waals surface area contributed by atoms with Crippen molar-refractivity contribution in [1.29, 1.82) is 0 Å². The summed E-state index contributed by atoms with van der Waals surface area (Å²) < 4.78 is 0. The smallest absolute Gasteiger partial charge is 0.239 e. The average Bonchev–Trinajstić information content (AvgIpc) is 3.05. The van der Waals surface area contributed by atoms with Crippen LogP contribution in [-0.4, -0.2) is 30.7 Å². The van der Waals surface area contributed by atoms with E-state index < -0.39 is 0 Å². The lowest BCUT2D eigenvalue weighted by Crippen LogP contribution is -2.21. The molecule has 0 bridgehead atoms. The Kier molecular flexibility index (Phi) is 9.02. The van der Waals surface area contributed by atoms with Crippen molar-refractivity contribution < 1.29 is 4.79 Å². The van der Waals surface area contributed by atoms with E-state index in [4.69, 9.17) is 5.73 Å². The summed E-state index contributed by atoms with van der Waals surface area (Å²) in [5.74, 6) is 0.645. The number of hydrogen-bond donors (Lipinski definition) is 2. The largest absolute Gasteiger partial charge is 0.322 e. The Morgan fingerprint density at radius 3 is 2.64 bits per heavy atom. The number of nitrogens with zero attached hydrogens (tertiary/aromatic N) is 2. The monoisotopic (exact) mass is 360 g/mol. The Morgan fingerprint density at radius 2 is 2.12 bits per heavy atom. The molecule has 0 aliphatic heterocycles. The summed E-state index contributed by atoms with van der Waals surface area (Å²) in [6.07, 6.45) is 3.13. The predicted molar refractivity (Wildman–Crippen MR) is 109 cm³/mol. The van der Waals surface area contributed by atoms with Crippen molar-refractivity contribution in [2.75, 3.05) is 18.9 Å². The number of thiazole rings is 1. The molecule has 0 aliphatic rings. The fourth-order valence-electron chi connectivity index (χ4n) is 1.75. The van der Waals surface area contributed by atoms with E-state index in [1.54, 1.807) is 7.05 Å². The van der Waals surface area contributed by atoms with Gasteiger partial charge >= 0.3 is 0 Å². The van der Waals surface area contributed by atoms with Gasteiger partial charge in [-0.2, -0.15) is 0 Å². The summed E-state index contributed by atoms with van der Waals surface area (Å²) in [5.41, 5.74) is 9.33. The zero-order chi connectivity index (χ0) is 18.8. The van der Waals surface area contributed by atoms with Crippen molar-refractivity contribution in [2.45, 2.75) is 34.1 Å². The number of carbonyl (C=O) groups excluding carboxylic acids is 1. The van der Waals surface area contributed by atoms with Gasteiger partial charge in [-0.05, 0) is 30.0 Å². The summed E-state index contributed by atoms with van der Waals surface area (Å²) in [6, 6.07) is 6.06. The van der Waals surface area contributed by atoms with Crippen molar-refractivity contribution >= 4 is 28.6 Å². The van der Waals surface area contributed by atoms with Gasteiger partial charge in [-0.15, -0.1) is 11.3 Å². The molecule has 0 fully saturated rings. The van der Waals surface area contributed by atoms with Crippen LogP contribution < -0.4 is 11.1 Å². The number of aliphatic imine (C=N–C) groups is 1. The van der Waals surface area contributed by atoms with Gasteiger partial charge in [0.25, 0.3) is 0 Å². The fourth-order valence-corrected chi connectivity index (χ4v) is 2.49. The van der Waals surface area contributed by atoms with Gasteiger partial charge in [-0.3, -0.25) is 9.79 Å². The Bertz CT molecular complexity index is 707. The van der Waals surface area contributed by atoms with Gasteiger partial charge in [0.1, 0.15) is 0 Å². The molecule has 0 saturated carbocycles. The highest BCUT2D eigenvalue weighted by Crippen LogP contribution is 2.26. The molecule has 136 valence electrons. The summed E-state index contributed by atoms with van der Waals surface area (Å²) >= 11 is 1.38. The van der Waals surface area contributed by atoms with Gasteiger partial charge in [0.15, 0.2) is 5.13 Å². The summed E-state index contributed by atoms with van der Waals surface area (Å²) in [5, 5.41) is 5.12. The maximum absolute atomic E-state index is 11.2. The number of carbonyl (C=O) groups is 1. The number of amides is 1. The summed E-state index contributed by atoms with van der Waals surface area (Å²) in [6.45, 7) is 8.63. The van der Waals surface area contributed by atoms with Crippen LogP contribution in [-0.2, 0) is 4.79 Å². The van der Waals surface area contributed by atoms with Crippen LogP contribution in [0.4, 0.5) is 5.13 Å². The van der Waals surface area contributed by atoms with Crippen LogP contribution in [0, 0.1) is 12.8 Å². The molecule has 1 amide bonds. The Balaban J connectivity index is 0.000000550. The molecule has 1 heterocycles. The average molecular weight is 361 g/mol. The Morgan fingerprint density at radius 1 is 1.44 bits per heavy atom. The van der Waals surface area contributed by atoms with Crippen molar-refractivity contribution in [1.82, 2.24) is 4.98 Å². The number of benzene rings is 1. The minimum absolute atomic E-state index is 0.0426. The van der Waals surface area contributed by atoms with Crippen LogP contribution in [0.15, 0.2) is 28.6 Å². The van der Waals surface area contributed by atoms with E-state index in [0.29, 0.717) is 5.13 Å². The molecule has 0 spiro atoms. The number of aromatic nitrogens is 1. The third-order valence-corrected chi connectivity index (χ3v) is 4.34. The van der Waals surface area contributed by atoms with Crippen LogP contribution in [0.25, 0.3) is 11.3 Å². The minimum atomic E-state index is -0.239. The number of anilines is 1. The molecular weight excluding hydrogens is 332 g/mol. The highest BCUT2D eigenvalue weighted by molar-refractivity contribution is 7.14. The topological polar surface area (TPSA) is 80.4 Å². The predicted octanol–water partition coefficient (Wildman–Crippen LogP) is 4.12. The number of hydrogen-bond acceptors (Lipinski definition) is 5. The molecule has 5 nitrogen and oxygen atoms in total. The molecule has 25 heavy (non-hydrogen) atoms. The van der Waals surface area contributed by atoms with E-state index in [-0.39, 0.29) is 12.5 Å². The highest BCUT2D eigenvalue weighted by Gasteiger charge is 2.08. The molecule has 1 aromatic carbocycles. The first-order chi connectivity index (χ1) is 11.9. The van der Waals surface area contributed by atoms with Crippen LogP contribution >= 0.6 is 11.3 Å². The van der Waals surface area contributed by atoms with Gasteiger partial charge in [-0.1, -0.05) is 39.3 Å². The second kappa shape index (κ2) is 10.7. The second-order valence-electron chi connectivity index (χ2n) is 6.05. The van der Waals surface area contributed by atoms with E-state index >= 15 is 0 Å². The standard InChI is InChI=1S/C14H16N4OS.C5H12/c1-9-5-10(3-4-11(9)7-16-2)12-8-20-14(17-12)18-13(19)6-15;1-4-5(2)3/h3-5,7-8H,6,15H2,1-2H3,(H,17,18,19);5H,4H2,1-3H3. The third-order valence-electron chi connectivity index (χ3n) is 3.59. The van der Waals surface area contributed by atoms with E-state index in [1.807, 2.05) is 30.7 Å². The maximum atomic E-state index is 11.2. The van der Waals surface area contributed by atoms with Gasteiger partial charge in [0.2, 0.25) is 5.91 Å². The first kappa shape index (κ1) is 21.0. The van der Waals surface area contributed by atoms with Crippen LogP contribution in [0.5, 0.6) is 0 Å². The molecule has 1 aromatic heterocycles. The first-order valence-electron chi connectivity index (χ1n) is 8.39. The van der Waals surface area contributed by atoms with Crippen molar-refractivity contribution in [2.24, 2.45) is 16.6 Å². The lowest BCUT2D eigenvalue weighted by atomic mass is 10.0. The van der Waals surface area contributed by atoms with Gasteiger partial charge < -0.3 is 11.1 Å². The number of rotatable bonds is 5. The van der Waals surface area contributed by atoms with Crippen LogP contribution in [0.1, 0.15) is 38.3 Å². The Hall–Kier alpha value is -2.05. The van der Waals surface area contributed by atoms with Crippen molar-refractivity contribution in [3.05, 3.63) is 34.7 Å². The van der Waals surface area contributed by atoms with Crippen molar-refractivity contribution in [3.63, 3.8) is 0 Å². The number of nitrogens with one attached hydrogen (secondary N) is 1. The third kappa shape index (κ3) is 7.15. The second-order valence-corrected chi connectivity index (χ2v) is 6.91. The van der Waals surface area contributed by atoms with Gasteiger partial charge in [0.05, 0.1) is 12.2 Å². The van der Waals surface area contributed by atoms with Crippen molar-refractivity contribution in [3.8, 4) is 11.3 Å². The molecule has 3 N–H and O–H groups in total. The number of nitrogens with two attached hydrogens (primary N) is 1. The molecular formula is C19H28N4OS. The molecule has 2 rings (SSSR count). The van der Waals surface area contributed by atoms with Crippen LogP contribution in [0.2, 0.25) is 0 Å². The quantitative estimate of drug-likeness (QED) is 0.787. The maximum Gasteiger partial charge on any atom is 0.239 e. The van der Waals surface area contributed by atoms with Crippen LogP contribution in [0.3, 0.4) is 0 Å². The molecule has 0 aliphatic carbocycles. The SMILES string of the molecule is CCC(C)C.CN=Cc1ccc(-c2csc(NC(=O)CN)n2)cc1C. The zero-order valence-corrected chi connectivity index (χ0v) is 16.5. The molecule has 0 atom stereocenters. The van der Waals surface area contributed by atoms with E-state index in [1.165, 1.54) is 17.8 Å². The van der Waals surface area contributed by atoms with Gasteiger partial charge in [0, 0.05) is 24.2 Å². The molecule has 6 heteroatoms. The normalized spacial score (nSPS) is 10.7. The highest BCUT2D eigenvalue weighted by atomic mass is 32.1. The molecule has 0 radical (unpaired) electrons. The van der Waals surface area contributed by atoms with E-state index in [0.717, 1.165) is 28.3 Å². The summed E-state index contributed by atoms with van der Waals surface area (Å²) in [7, 11) is 1.75. The zero-order valence-electron chi connectivity index (χ0n) is 15.7. The van der Waals surface area contributed by atoms with E-state index in [2.05, 4.69) is 42.1 Å². The summed E-state index contributed by atoms with van der Waals surface area (Å²) in [4.78, 5) is 19.6. The molecule has 0 saturated heterocycles. The lowest BCUT2D eigenvalue weighted by molar-refractivity contribution is -0.114. The molecule has 2 aromatic rings. The number of aryl methyl sites for hydroxylation is 1. The van der Waals surface area contributed by atoms with Gasteiger partial charge in [-0.25, -0.2) is 4.98 Å². The Labute approximate surface area is 154 Å². The van der Waals surface area contributed by atoms with E-state index in [9.17, 15) is 4.79 Å². The molecule has 0 unspecified atom stereocenters.